The standard InChI is InChI=1S/C21H36N10O6S/c1-38-6-4-14(29-17(33)12(22)8-16(23)32)19(35)30-13(3-2-5-27-21(24)25)18(34)31-15(20(36)37)7-11-9-26-10-28-11/h9-10,12-15H,2-8,22H2,1H3,(H2,23,32)(H,26,28)(H,29,33)(H,30,35)(H,31,34)(H,36,37)(H4,24,25,27). The smallest absolute Gasteiger partial charge is 0.326 e. The number of carboxylic acids is 1. The van der Waals surface area contributed by atoms with Gasteiger partial charge in [-0.25, -0.2) is 9.78 Å². The lowest BCUT2D eigenvalue weighted by Gasteiger charge is -2.25. The monoisotopic (exact) mass is 556 g/mol. The van der Waals surface area contributed by atoms with E-state index >= 15 is 0 Å². The van der Waals surface area contributed by atoms with Gasteiger partial charge >= 0.3 is 5.97 Å². The molecule has 38 heavy (non-hydrogen) atoms. The first-order valence-electron chi connectivity index (χ1n) is 11.6. The van der Waals surface area contributed by atoms with E-state index in [9.17, 15) is 29.1 Å². The third kappa shape index (κ3) is 12.4. The van der Waals surface area contributed by atoms with E-state index in [0.717, 1.165) is 0 Å². The van der Waals surface area contributed by atoms with Gasteiger partial charge in [0.25, 0.3) is 0 Å². The van der Waals surface area contributed by atoms with Crippen molar-refractivity contribution < 1.29 is 29.1 Å². The Morgan fingerprint density at radius 1 is 1.03 bits per heavy atom. The van der Waals surface area contributed by atoms with E-state index < -0.39 is 60.2 Å². The van der Waals surface area contributed by atoms with Gasteiger partial charge in [0.1, 0.15) is 18.1 Å². The summed E-state index contributed by atoms with van der Waals surface area (Å²) in [4.78, 5) is 71.9. The summed E-state index contributed by atoms with van der Waals surface area (Å²) < 4.78 is 0. The number of aromatic amines is 1. The highest BCUT2D eigenvalue weighted by molar-refractivity contribution is 7.98. The molecule has 0 aliphatic carbocycles. The summed E-state index contributed by atoms with van der Waals surface area (Å²) in [6.07, 6.45) is 4.67. The SMILES string of the molecule is CSCCC(NC(=O)C(N)CC(N)=O)C(=O)NC(CCCN=C(N)N)C(=O)NC(Cc1cnc[nH]1)C(=O)O. The Bertz CT molecular complexity index is 970. The molecule has 4 unspecified atom stereocenters. The Labute approximate surface area is 223 Å². The molecule has 212 valence electrons. The van der Waals surface area contributed by atoms with Gasteiger partial charge in [0.15, 0.2) is 5.96 Å². The third-order valence-electron chi connectivity index (χ3n) is 5.17. The summed E-state index contributed by atoms with van der Waals surface area (Å²) in [5.41, 5.74) is 21.9. The molecule has 0 saturated heterocycles. The van der Waals surface area contributed by atoms with Gasteiger partial charge in [0, 0.05) is 24.9 Å². The normalized spacial score (nSPS) is 13.8. The number of carbonyl (C=O) groups excluding carboxylic acids is 4. The second kappa shape index (κ2) is 16.8. The number of hydrogen-bond donors (Lipinski definition) is 9. The molecule has 0 spiro atoms. The van der Waals surface area contributed by atoms with E-state index in [0.29, 0.717) is 11.4 Å². The zero-order valence-electron chi connectivity index (χ0n) is 21.0. The Kier molecular flexibility index (Phi) is 14.2. The van der Waals surface area contributed by atoms with Crippen molar-refractivity contribution in [2.45, 2.75) is 56.3 Å². The first kappa shape index (κ1) is 32.2. The summed E-state index contributed by atoms with van der Waals surface area (Å²) >= 11 is 1.42. The molecule has 1 aromatic heterocycles. The summed E-state index contributed by atoms with van der Waals surface area (Å²) in [7, 11) is 0. The van der Waals surface area contributed by atoms with Gasteiger partial charge in [-0.15, -0.1) is 0 Å². The number of H-pyrrole nitrogens is 1. The number of imidazole rings is 1. The highest BCUT2D eigenvalue weighted by atomic mass is 32.2. The van der Waals surface area contributed by atoms with Crippen LogP contribution in [0.3, 0.4) is 0 Å². The molecule has 0 saturated carbocycles. The number of nitrogens with two attached hydrogens (primary N) is 4. The molecule has 1 rings (SSSR count). The Morgan fingerprint density at radius 3 is 2.16 bits per heavy atom. The van der Waals surface area contributed by atoms with E-state index in [2.05, 4.69) is 30.9 Å². The number of nitrogens with one attached hydrogen (secondary N) is 4. The molecule has 13 N–H and O–H groups in total. The summed E-state index contributed by atoms with van der Waals surface area (Å²) in [5, 5.41) is 17.1. The van der Waals surface area contributed by atoms with Gasteiger partial charge in [-0.1, -0.05) is 0 Å². The quantitative estimate of drug-likeness (QED) is 0.0485. The van der Waals surface area contributed by atoms with Crippen LogP contribution in [-0.2, 0) is 30.4 Å². The Hall–Kier alpha value is -3.86. The number of nitrogens with zero attached hydrogens (tertiary/aromatic N) is 2. The van der Waals surface area contributed by atoms with Crippen LogP contribution in [0.4, 0.5) is 0 Å². The van der Waals surface area contributed by atoms with Crippen LogP contribution < -0.4 is 38.9 Å². The Morgan fingerprint density at radius 2 is 1.63 bits per heavy atom. The van der Waals surface area contributed by atoms with Gasteiger partial charge < -0.3 is 49.0 Å². The molecule has 1 aromatic rings. The highest BCUT2D eigenvalue weighted by Crippen LogP contribution is 2.07. The van der Waals surface area contributed by atoms with Crippen LogP contribution >= 0.6 is 11.8 Å². The van der Waals surface area contributed by atoms with Crippen LogP contribution in [0.2, 0.25) is 0 Å². The first-order valence-corrected chi connectivity index (χ1v) is 13.0. The second-order valence-corrected chi connectivity index (χ2v) is 9.30. The van der Waals surface area contributed by atoms with Gasteiger partial charge in [0.05, 0.1) is 18.8 Å². The number of aliphatic imine (C=N–C) groups is 1. The molecule has 1 heterocycles. The van der Waals surface area contributed by atoms with Crippen molar-refractivity contribution in [3.8, 4) is 0 Å². The number of guanidine groups is 1. The van der Waals surface area contributed by atoms with E-state index in [1.807, 2.05) is 0 Å². The number of aromatic nitrogens is 2. The van der Waals surface area contributed by atoms with Gasteiger partial charge in [0.2, 0.25) is 23.6 Å². The van der Waals surface area contributed by atoms with Crippen molar-refractivity contribution in [1.82, 2.24) is 25.9 Å². The number of thioether (sulfide) groups is 1. The van der Waals surface area contributed by atoms with Crippen molar-refractivity contribution >= 4 is 47.3 Å². The van der Waals surface area contributed by atoms with Crippen molar-refractivity contribution in [3.63, 3.8) is 0 Å². The van der Waals surface area contributed by atoms with E-state index in [4.69, 9.17) is 22.9 Å². The average molecular weight is 557 g/mol. The maximum Gasteiger partial charge on any atom is 0.326 e. The van der Waals surface area contributed by atoms with E-state index in [1.165, 1.54) is 24.3 Å². The average Bonchev–Trinajstić information content (AvgIpc) is 3.35. The second-order valence-electron chi connectivity index (χ2n) is 8.31. The van der Waals surface area contributed by atoms with Crippen LogP contribution in [-0.4, -0.2) is 93.4 Å². The predicted molar refractivity (Wildman–Crippen MR) is 140 cm³/mol. The molecular formula is C21H36N10O6S. The van der Waals surface area contributed by atoms with Crippen LogP contribution in [0, 0.1) is 0 Å². The number of amides is 4. The molecule has 4 atom stereocenters. The Balaban J connectivity index is 3.03. The first-order chi connectivity index (χ1) is 17.9. The highest BCUT2D eigenvalue weighted by Gasteiger charge is 2.30. The lowest BCUT2D eigenvalue weighted by molar-refractivity contribution is -0.142. The zero-order valence-corrected chi connectivity index (χ0v) is 21.8. The van der Waals surface area contributed by atoms with Crippen LogP contribution in [0.1, 0.15) is 31.4 Å². The lowest BCUT2D eigenvalue weighted by atomic mass is 10.1. The molecule has 17 heteroatoms. The van der Waals surface area contributed by atoms with Crippen molar-refractivity contribution in [2.75, 3.05) is 18.6 Å². The minimum absolute atomic E-state index is 0.0646. The summed E-state index contributed by atoms with van der Waals surface area (Å²) in [6, 6.07) is -4.82. The molecule has 0 aliphatic rings. The molecular weight excluding hydrogens is 520 g/mol. The maximum atomic E-state index is 13.1. The van der Waals surface area contributed by atoms with Crippen molar-refractivity contribution in [2.24, 2.45) is 27.9 Å². The molecule has 0 aliphatic heterocycles. The minimum atomic E-state index is -1.31. The molecule has 16 nitrogen and oxygen atoms in total. The number of primary amides is 1. The zero-order chi connectivity index (χ0) is 28.7. The van der Waals surface area contributed by atoms with E-state index in [1.54, 1.807) is 6.26 Å². The number of carbonyl (C=O) groups is 5. The molecule has 4 amide bonds. The number of rotatable bonds is 18. The van der Waals surface area contributed by atoms with Gasteiger partial charge in [-0.3, -0.25) is 24.2 Å². The topological polar surface area (TPSA) is 287 Å². The fourth-order valence-electron chi connectivity index (χ4n) is 3.23. The fourth-order valence-corrected chi connectivity index (χ4v) is 3.70. The molecule has 0 radical (unpaired) electrons. The van der Waals surface area contributed by atoms with E-state index in [-0.39, 0.29) is 38.2 Å². The van der Waals surface area contributed by atoms with Gasteiger partial charge in [-0.05, 0) is 31.3 Å². The molecule has 0 aromatic carbocycles. The fraction of sp³-hybridized carbons (Fsp3) is 0.571. The molecule has 0 fully saturated rings. The summed E-state index contributed by atoms with van der Waals surface area (Å²) in [6.45, 7) is 0.160. The number of hydrogen-bond acceptors (Lipinski definition) is 9. The summed E-state index contributed by atoms with van der Waals surface area (Å²) in [5.74, 6) is -3.94. The minimum Gasteiger partial charge on any atom is -0.480 e. The van der Waals surface area contributed by atoms with Crippen LogP contribution in [0.25, 0.3) is 0 Å². The van der Waals surface area contributed by atoms with Crippen molar-refractivity contribution in [1.29, 1.82) is 0 Å². The molecule has 0 bridgehead atoms. The largest absolute Gasteiger partial charge is 0.480 e. The number of carboxylic acid groups (broad SMARTS) is 1. The number of aliphatic carboxylic acids is 1. The van der Waals surface area contributed by atoms with Gasteiger partial charge in [-0.2, -0.15) is 11.8 Å². The maximum absolute atomic E-state index is 13.1. The van der Waals surface area contributed by atoms with Crippen LogP contribution in [0.5, 0.6) is 0 Å². The predicted octanol–water partition coefficient (Wildman–Crippen LogP) is -3.50. The third-order valence-corrected chi connectivity index (χ3v) is 5.82. The van der Waals surface area contributed by atoms with Crippen LogP contribution in [0.15, 0.2) is 17.5 Å². The van der Waals surface area contributed by atoms with Crippen molar-refractivity contribution in [3.05, 3.63) is 18.2 Å². The lowest BCUT2D eigenvalue weighted by Crippen LogP contribution is -2.57.